The number of nitrogens with zero attached hydrogens (tertiary/aromatic N) is 2. The molecule has 1 aromatic heterocycles. The van der Waals surface area contributed by atoms with Crippen LogP contribution in [0.25, 0.3) is 0 Å². The van der Waals surface area contributed by atoms with Gasteiger partial charge in [0.1, 0.15) is 17.6 Å². The molecular formula is C10H11N5O2. The van der Waals surface area contributed by atoms with E-state index in [9.17, 15) is 9.59 Å². The molecule has 0 radical (unpaired) electrons. The van der Waals surface area contributed by atoms with Gasteiger partial charge in [-0.15, -0.1) is 0 Å². The van der Waals surface area contributed by atoms with E-state index in [-0.39, 0.29) is 6.42 Å². The predicted molar refractivity (Wildman–Crippen MR) is 58.3 cm³/mol. The minimum absolute atomic E-state index is 0.228. The van der Waals surface area contributed by atoms with Crippen LogP contribution < -0.4 is 11.5 Å². The number of primary amides is 2. The third-order valence-electron chi connectivity index (χ3n) is 2.75. The summed E-state index contributed by atoms with van der Waals surface area (Å²) in [6.07, 6.45) is 6.08. The lowest BCUT2D eigenvalue weighted by Gasteiger charge is -2.25. The Morgan fingerprint density at radius 2 is 2.18 bits per heavy atom. The lowest BCUT2D eigenvalue weighted by molar-refractivity contribution is -0.122. The van der Waals surface area contributed by atoms with Crippen LogP contribution in [0.1, 0.15) is 12.2 Å². The minimum atomic E-state index is -1.09. The van der Waals surface area contributed by atoms with E-state index in [1.807, 2.05) is 0 Å². The fourth-order valence-corrected chi connectivity index (χ4v) is 1.72. The highest BCUT2D eigenvalue weighted by atomic mass is 16.1. The first-order valence-corrected chi connectivity index (χ1v) is 4.91. The quantitative estimate of drug-likeness (QED) is 0.612. The maximum atomic E-state index is 11.6. The van der Waals surface area contributed by atoms with E-state index in [0.717, 1.165) is 0 Å². The number of hydrogen-bond donors (Lipinski definition) is 3. The summed E-state index contributed by atoms with van der Waals surface area (Å²) < 4.78 is 0. The van der Waals surface area contributed by atoms with Gasteiger partial charge in [-0.05, 0) is 6.42 Å². The van der Waals surface area contributed by atoms with E-state index < -0.39 is 17.2 Å². The van der Waals surface area contributed by atoms with Crippen molar-refractivity contribution in [3.8, 4) is 0 Å². The monoisotopic (exact) mass is 233 g/mol. The van der Waals surface area contributed by atoms with Crippen LogP contribution in [-0.2, 0) is 15.0 Å². The summed E-state index contributed by atoms with van der Waals surface area (Å²) in [4.78, 5) is 26.5. The van der Waals surface area contributed by atoms with E-state index in [1.165, 1.54) is 18.5 Å². The van der Waals surface area contributed by atoms with Crippen LogP contribution >= 0.6 is 0 Å². The molecule has 5 N–H and O–H groups in total. The van der Waals surface area contributed by atoms with Gasteiger partial charge in [0.15, 0.2) is 0 Å². The molecule has 1 aliphatic rings. The van der Waals surface area contributed by atoms with Crippen molar-refractivity contribution >= 4 is 11.8 Å². The van der Waals surface area contributed by atoms with Crippen LogP contribution in [-0.4, -0.2) is 27.0 Å². The summed E-state index contributed by atoms with van der Waals surface area (Å²) in [5.74, 6) is -0.761. The second kappa shape index (κ2) is 3.85. The van der Waals surface area contributed by atoms with Crippen molar-refractivity contribution in [1.29, 1.82) is 0 Å². The lowest BCUT2D eigenvalue weighted by Crippen LogP contribution is -2.41. The molecule has 1 aromatic rings. The number of allylic oxidation sites excluding steroid dienone is 1. The van der Waals surface area contributed by atoms with Gasteiger partial charge in [0.25, 0.3) is 0 Å². The number of nitrogens with one attached hydrogen (secondary N) is 1. The number of rotatable bonds is 3. The van der Waals surface area contributed by atoms with E-state index in [0.29, 0.717) is 11.4 Å². The van der Waals surface area contributed by atoms with Crippen molar-refractivity contribution in [3.63, 3.8) is 0 Å². The summed E-state index contributed by atoms with van der Waals surface area (Å²) in [5.41, 5.74) is 9.79. The summed E-state index contributed by atoms with van der Waals surface area (Å²) in [6.45, 7) is 0. The van der Waals surface area contributed by atoms with Gasteiger partial charge in [0, 0.05) is 5.57 Å². The summed E-state index contributed by atoms with van der Waals surface area (Å²) >= 11 is 0. The number of amides is 2. The number of aromatic amines is 1. The highest BCUT2D eigenvalue weighted by Gasteiger charge is 2.39. The second-order valence-electron chi connectivity index (χ2n) is 3.73. The minimum Gasteiger partial charge on any atom is -0.369 e. The molecular weight excluding hydrogens is 222 g/mol. The smallest absolute Gasteiger partial charge is 0.248 e. The fourth-order valence-electron chi connectivity index (χ4n) is 1.72. The molecule has 1 atom stereocenters. The molecule has 0 aliphatic heterocycles. The summed E-state index contributed by atoms with van der Waals surface area (Å²) in [6, 6.07) is 0. The molecule has 7 nitrogen and oxygen atoms in total. The van der Waals surface area contributed by atoms with Gasteiger partial charge in [-0.1, -0.05) is 18.2 Å². The zero-order valence-electron chi connectivity index (χ0n) is 8.88. The topological polar surface area (TPSA) is 128 Å². The molecule has 0 aromatic carbocycles. The van der Waals surface area contributed by atoms with Crippen LogP contribution in [0, 0.1) is 0 Å². The number of H-pyrrole nitrogens is 1. The average molecular weight is 233 g/mol. The number of carbonyl (C=O) groups excluding carboxylic acids is 2. The molecule has 1 aliphatic carbocycles. The zero-order valence-corrected chi connectivity index (χ0v) is 8.88. The predicted octanol–water partition coefficient (Wildman–Crippen LogP) is -1.10. The second-order valence-corrected chi connectivity index (χ2v) is 3.73. The number of hydrogen-bond acceptors (Lipinski definition) is 4. The normalized spacial score (nSPS) is 23.2. The fraction of sp³-hybridized carbons (Fsp3) is 0.200. The molecule has 0 saturated carbocycles. The Labute approximate surface area is 96.6 Å². The SMILES string of the molecule is NC(=O)C1=CCC(C(N)=O)(c2ncn[nH]2)C=C1. The zero-order chi connectivity index (χ0) is 12.5. The molecule has 0 fully saturated rings. The van der Waals surface area contributed by atoms with E-state index in [1.54, 1.807) is 6.08 Å². The Balaban J connectivity index is 2.40. The van der Waals surface area contributed by atoms with E-state index in [4.69, 9.17) is 11.5 Å². The third kappa shape index (κ3) is 1.71. The van der Waals surface area contributed by atoms with Gasteiger partial charge < -0.3 is 11.5 Å². The van der Waals surface area contributed by atoms with Crippen molar-refractivity contribution in [3.05, 3.63) is 36.0 Å². The maximum Gasteiger partial charge on any atom is 0.248 e. The van der Waals surface area contributed by atoms with Crippen LogP contribution in [0.3, 0.4) is 0 Å². The Hall–Kier alpha value is -2.44. The highest BCUT2D eigenvalue weighted by Crippen LogP contribution is 2.31. The maximum absolute atomic E-state index is 11.6. The van der Waals surface area contributed by atoms with Crippen LogP contribution in [0.4, 0.5) is 0 Å². The number of aromatic nitrogens is 3. The molecule has 0 bridgehead atoms. The molecule has 17 heavy (non-hydrogen) atoms. The van der Waals surface area contributed by atoms with Crippen molar-refractivity contribution < 1.29 is 9.59 Å². The molecule has 0 spiro atoms. The van der Waals surface area contributed by atoms with Crippen LogP contribution in [0.2, 0.25) is 0 Å². The van der Waals surface area contributed by atoms with Crippen LogP contribution in [0.5, 0.6) is 0 Å². The van der Waals surface area contributed by atoms with Gasteiger partial charge in [-0.2, -0.15) is 5.10 Å². The Morgan fingerprint density at radius 3 is 2.59 bits per heavy atom. The largest absolute Gasteiger partial charge is 0.369 e. The molecule has 1 unspecified atom stereocenters. The summed E-state index contributed by atoms with van der Waals surface area (Å²) in [7, 11) is 0. The highest BCUT2D eigenvalue weighted by molar-refractivity contribution is 5.97. The van der Waals surface area contributed by atoms with Crippen molar-refractivity contribution in [2.24, 2.45) is 11.5 Å². The Kier molecular flexibility index (Phi) is 2.51. The van der Waals surface area contributed by atoms with E-state index in [2.05, 4.69) is 15.2 Å². The first-order valence-electron chi connectivity index (χ1n) is 4.91. The van der Waals surface area contributed by atoms with Gasteiger partial charge in [-0.3, -0.25) is 14.7 Å². The van der Waals surface area contributed by atoms with Crippen molar-refractivity contribution in [1.82, 2.24) is 15.2 Å². The van der Waals surface area contributed by atoms with Gasteiger partial charge in [0.2, 0.25) is 11.8 Å². The van der Waals surface area contributed by atoms with Crippen molar-refractivity contribution in [2.75, 3.05) is 0 Å². The van der Waals surface area contributed by atoms with Crippen LogP contribution in [0.15, 0.2) is 30.1 Å². The van der Waals surface area contributed by atoms with Crippen molar-refractivity contribution in [2.45, 2.75) is 11.8 Å². The first-order chi connectivity index (χ1) is 8.06. The summed E-state index contributed by atoms with van der Waals surface area (Å²) in [5, 5.41) is 6.30. The molecule has 2 amide bonds. The molecule has 88 valence electrons. The molecule has 7 heteroatoms. The van der Waals surface area contributed by atoms with Gasteiger partial charge in [0.05, 0.1) is 0 Å². The molecule has 2 rings (SSSR count). The molecule has 1 heterocycles. The van der Waals surface area contributed by atoms with E-state index >= 15 is 0 Å². The Morgan fingerprint density at radius 1 is 1.41 bits per heavy atom. The van der Waals surface area contributed by atoms with Gasteiger partial charge in [-0.25, -0.2) is 4.98 Å². The number of carbonyl (C=O) groups is 2. The first kappa shape index (κ1) is 11.1. The third-order valence-corrected chi connectivity index (χ3v) is 2.75. The Bertz CT molecular complexity index is 517. The standard InChI is InChI=1S/C10H11N5O2/c11-7(16)6-1-3-10(4-2-6,8(12)17)9-13-5-14-15-9/h1-3,5H,4H2,(H2,11,16)(H2,12,17)(H,13,14,15). The van der Waals surface area contributed by atoms with Gasteiger partial charge >= 0.3 is 0 Å². The molecule has 0 saturated heterocycles. The number of nitrogens with two attached hydrogens (primary N) is 2. The lowest BCUT2D eigenvalue weighted by atomic mass is 9.78. The average Bonchev–Trinajstić information content (AvgIpc) is 2.82.